The summed E-state index contributed by atoms with van der Waals surface area (Å²) in [5.74, 6) is 0.407. The molecule has 0 spiro atoms. The zero-order chi connectivity index (χ0) is 26.1. The van der Waals surface area contributed by atoms with E-state index in [9.17, 15) is 0 Å². The summed E-state index contributed by atoms with van der Waals surface area (Å²) in [5.41, 5.74) is 5.77. The predicted molar refractivity (Wildman–Crippen MR) is 147 cm³/mol. The molecule has 3 aromatic carbocycles. The van der Waals surface area contributed by atoms with Gasteiger partial charge in [-0.2, -0.15) is 0 Å². The summed E-state index contributed by atoms with van der Waals surface area (Å²) in [4.78, 5) is 5.41. The van der Waals surface area contributed by atoms with Crippen molar-refractivity contribution in [3.05, 3.63) is 125 Å². The molecular weight excluding hydrogens is 507 g/mol. The molecule has 1 heterocycles. The molecule has 1 radical (unpaired) electrons. The Morgan fingerprint density at radius 3 is 2.32 bits per heavy atom. The summed E-state index contributed by atoms with van der Waals surface area (Å²) >= 11 is 0. The number of allylic oxidation sites excluding steroid dienone is 4. The van der Waals surface area contributed by atoms with Gasteiger partial charge in [0.25, 0.3) is 0 Å². The van der Waals surface area contributed by atoms with Gasteiger partial charge in [0.15, 0.2) is 5.69 Å². The number of aliphatic hydroxyl groups excluding tert-OH is 1. The molecule has 0 aromatic heterocycles. The molecule has 0 saturated heterocycles. The van der Waals surface area contributed by atoms with E-state index in [1.54, 1.807) is 25.3 Å². The minimum absolute atomic E-state index is 0. The molecule has 1 unspecified atom stereocenters. The van der Waals surface area contributed by atoms with Crippen LogP contribution in [0.1, 0.15) is 23.6 Å². The van der Waals surface area contributed by atoms with Gasteiger partial charge >= 0.3 is 0 Å². The van der Waals surface area contributed by atoms with Gasteiger partial charge in [-0.3, -0.25) is 5.41 Å². The van der Waals surface area contributed by atoms with Crippen LogP contribution in [0.4, 0.5) is 11.4 Å². The molecule has 1 aliphatic rings. The first-order chi connectivity index (χ1) is 17.3. The third kappa shape index (κ3) is 6.76. The molecule has 0 bridgehead atoms. The van der Waals surface area contributed by atoms with E-state index in [-0.39, 0.29) is 22.2 Å². The van der Waals surface area contributed by atoms with Crippen LogP contribution in [0.25, 0.3) is 4.85 Å². The third-order valence-corrected chi connectivity index (χ3v) is 6.22. The number of anilines is 1. The van der Waals surface area contributed by atoms with Crippen LogP contribution in [0.2, 0.25) is 0 Å². The Hall–Kier alpha value is -4.12. The number of methoxy groups -OCH3 is 1. The Labute approximate surface area is 229 Å². The van der Waals surface area contributed by atoms with Gasteiger partial charge in [0.1, 0.15) is 5.75 Å². The van der Waals surface area contributed by atoms with Crippen LogP contribution in [0.15, 0.2) is 96.7 Å². The fourth-order valence-corrected chi connectivity index (χ4v) is 4.40. The third-order valence-electron chi connectivity index (χ3n) is 6.22. The van der Waals surface area contributed by atoms with Crippen molar-refractivity contribution >= 4 is 23.5 Å². The average molecular weight is 538 g/mol. The Morgan fingerprint density at radius 2 is 1.76 bits per heavy atom. The van der Waals surface area contributed by atoms with Gasteiger partial charge in [0, 0.05) is 52.4 Å². The summed E-state index contributed by atoms with van der Waals surface area (Å²) in [7, 11) is 3.81. The number of hydrogen-bond acceptors (Lipinski definition) is 4. The zero-order valence-corrected chi connectivity index (χ0v) is 22.1. The number of rotatable bonds is 6. The molecular formula is C30H30CoN4O2. The van der Waals surface area contributed by atoms with E-state index in [1.807, 2.05) is 18.2 Å². The van der Waals surface area contributed by atoms with E-state index in [1.165, 1.54) is 40.9 Å². The number of aliphatic hydroxyl groups is 1. The van der Waals surface area contributed by atoms with Crippen LogP contribution >= 0.6 is 0 Å². The molecule has 1 atom stereocenters. The van der Waals surface area contributed by atoms with E-state index >= 15 is 0 Å². The first-order valence-corrected chi connectivity index (χ1v) is 11.4. The average Bonchev–Trinajstić information content (AvgIpc) is 3.10. The second kappa shape index (κ2) is 13.3. The molecule has 4 rings (SSSR count). The number of hydrogen-bond donors (Lipinski definition) is 3. The molecule has 6 nitrogen and oxygen atoms in total. The normalized spacial score (nSPS) is 16.7. The van der Waals surface area contributed by atoms with Crippen LogP contribution in [-0.4, -0.2) is 31.4 Å². The Kier molecular flexibility index (Phi) is 10.4. The summed E-state index contributed by atoms with van der Waals surface area (Å²) in [5, 5.41) is 22.8. The van der Waals surface area contributed by atoms with Gasteiger partial charge in [-0.25, -0.2) is 4.85 Å². The molecule has 3 aromatic rings. The van der Waals surface area contributed by atoms with Gasteiger partial charge in [-0.05, 0) is 54.8 Å². The van der Waals surface area contributed by atoms with Crippen LogP contribution in [0.5, 0.6) is 5.75 Å². The molecule has 0 fully saturated rings. The molecule has 191 valence electrons. The van der Waals surface area contributed by atoms with Crippen molar-refractivity contribution in [3.8, 4) is 5.75 Å². The first kappa shape index (κ1) is 29.1. The monoisotopic (exact) mass is 537 g/mol. The number of likely N-dealkylation sites (N-methyl/N-ethyl adjacent to an activating group) is 1. The van der Waals surface area contributed by atoms with Crippen molar-refractivity contribution in [2.45, 2.75) is 18.8 Å². The Bertz CT molecular complexity index is 1330. The molecule has 7 heteroatoms. The maximum Gasteiger partial charge on any atom is 0.210 e. The summed E-state index contributed by atoms with van der Waals surface area (Å²) in [6.07, 6.45) is 8.00. The maximum atomic E-state index is 8.69. The van der Waals surface area contributed by atoms with Gasteiger partial charge in [-0.15, -0.1) is 0 Å². The fraction of sp³-hybridized carbons (Fsp3) is 0.167. The minimum Gasteiger partial charge on any atom is -0.497 e. The van der Waals surface area contributed by atoms with Gasteiger partial charge in [0.05, 0.1) is 13.7 Å². The fourth-order valence-electron chi connectivity index (χ4n) is 4.40. The number of nitrogens with zero attached hydrogens (tertiary/aromatic N) is 2. The molecule has 1 aliphatic heterocycles. The summed E-state index contributed by atoms with van der Waals surface area (Å²) < 4.78 is 5.47. The van der Waals surface area contributed by atoms with Crippen molar-refractivity contribution in [1.82, 2.24) is 0 Å². The predicted octanol–water partition coefficient (Wildman–Crippen LogP) is 6.85. The summed E-state index contributed by atoms with van der Waals surface area (Å²) in [6, 6.07) is 23.1. The van der Waals surface area contributed by atoms with E-state index in [2.05, 4.69) is 66.2 Å². The SMILES string of the molecule is COc1ccc2c(c1)C(C)(Cc1ccccc1)/C(=C/C=C/C=N)N2C.[C-]#[N+]c1ccc(C(=N)O)cc1.[Co]. The van der Waals surface area contributed by atoms with Crippen LogP contribution in [0, 0.1) is 17.4 Å². The molecule has 37 heavy (non-hydrogen) atoms. The minimum atomic E-state index is -0.471. The van der Waals surface area contributed by atoms with Gasteiger partial charge < -0.3 is 20.2 Å². The van der Waals surface area contributed by atoms with Gasteiger partial charge in [-0.1, -0.05) is 60.7 Å². The van der Waals surface area contributed by atoms with Crippen molar-refractivity contribution in [2.24, 2.45) is 0 Å². The second-order valence-corrected chi connectivity index (χ2v) is 8.55. The molecule has 0 saturated carbocycles. The number of ether oxygens (including phenoxy) is 1. The quantitative estimate of drug-likeness (QED) is 0.183. The van der Waals surface area contributed by atoms with Crippen molar-refractivity contribution in [1.29, 1.82) is 10.8 Å². The van der Waals surface area contributed by atoms with Crippen molar-refractivity contribution < 1.29 is 26.6 Å². The molecule has 0 amide bonds. The number of nitrogens with one attached hydrogen (secondary N) is 2. The number of fused-ring (bicyclic) bond motifs is 1. The van der Waals surface area contributed by atoms with E-state index < -0.39 is 5.90 Å². The van der Waals surface area contributed by atoms with E-state index in [0.717, 1.165) is 12.2 Å². The second-order valence-electron chi connectivity index (χ2n) is 8.55. The zero-order valence-electron chi connectivity index (χ0n) is 21.0. The largest absolute Gasteiger partial charge is 0.497 e. The standard InChI is InChI=1S/C22H24N2O.C8H6N2O.Co/c1-22(16-17-9-5-4-6-10-17)19-15-18(25-3)12-13-20(19)24(2)21(22)11-7-8-14-23;1-10-7-4-2-6(3-5-7)8(9)11;/h4-15,23H,16H2,1-3H3;2-5H,(H2,9,11);/b8-7+,21-11-,23-14?;;. The Balaban J connectivity index is 0.000000339. The smallest absolute Gasteiger partial charge is 0.210 e. The van der Waals surface area contributed by atoms with Gasteiger partial charge in [0.2, 0.25) is 5.90 Å². The maximum absolute atomic E-state index is 8.69. The molecule has 0 aliphatic carbocycles. The van der Waals surface area contributed by atoms with E-state index in [4.69, 9.17) is 27.2 Å². The van der Waals surface area contributed by atoms with Crippen LogP contribution in [0.3, 0.4) is 0 Å². The van der Waals surface area contributed by atoms with Crippen LogP contribution < -0.4 is 9.64 Å². The Morgan fingerprint density at radius 1 is 1.08 bits per heavy atom. The van der Waals surface area contributed by atoms with E-state index in [0.29, 0.717) is 11.3 Å². The van der Waals surface area contributed by atoms with Crippen LogP contribution in [-0.2, 0) is 28.6 Å². The molecule has 3 N–H and O–H groups in total. The summed E-state index contributed by atoms with van der Waals surface area (Å²) in [6.45, 7) is 8.91. The number of benzene rings is 3. The topological polar surface area (TPSA) is 84.8 Å². The first-order valence-electron chi connectivity index (χ1n) is 11.4. The van der Waals surface area contributed by atoms with Crippen molar-refractivity contribution in [3.63, 3.8) is 0 Å². The van der Waals surface area contributed by atoms with Crippen molar-refractivity contribution in [2.75, 3.05) is 19.1 Å².